The van der Waals surface area contributed by atoms with Crippen LogP contribution >= 0.6 is 0 Å². The highest BCUT2D eigenvalue weighted by Crippen LogP contribution is 2.58. The molecule has 2 nitrogen and oxygen atoms in total. The Morgan fingerprint density at radius 1 is 0.400 bits per heavy atom. The van der Waals surface area contributed by atoms with Crippen molar-refractivity contribution in [3.63, 3.8) is 0 Å². The van der Waals surface area contributed by atoms with Gasteiger partial charge in [-0.25, -0.2) is 0 Å². The quantitative estimate of drug-likeness (QED) is 0.169. The maximum Gasteiger partial charge on any atom is 0.0543 e. The van der Waals surface area contributed by atoms with E-state index in [1.165, 1.54) is 99.6 Å². The van der Waals surface area contributed by atoms with Crippen LogP contribution in [0.4, 0.5) is 17.1 Å². The van der Waals surface area contributed by atoms with E-state index in [1.807, 2.05) is 0 Å². The van der Waals surface area contributed by atoms with Gasteiger partial charge in [0.25, 0.3) is 0 Å². The number of benzene rings is 9. The Labute approximate surface area is 351 Å². The third-order valence-electron chi connectivity index (χ3n) is 13.7. The standard InChI is InChI=1S/C58H44N2/c1-57(2)49-28-12-8-25-46(49)55-50(57)29-17-32-53(55)59(54-33-16-26-45-42-22-7-11-27-48(42)58(3,4)56(45)54)39-20-15-19-38(34-39)47-36-40(35-37-18-5-6-21-41(37)47)60-51-30-13-9-23-43(51)44-24-10-14-31-52(44)60/h5-36H,1-4H3. The minimum Gasteiger partial charge on any atom is -0.310 e. The maximum atomic E-state index is 2.58. The minimum absolute atomic E-state index is 0.129. The van der Waals surface area contributed by atoms with Crippen molar-refractivity contribution in [3.05, 3.63) is 216 Å². The zero-order chi connectivity index (χ0) is 40.3. The van der Waals surface area contributed by atoms with Gasteiger partial charge in [0, 0.05) is 38.5 Å². The second kappa shape index (κ2) is 12.7. The van der Waals surface area contributed by atoms with Crippen LogP contribution in [-0.4, -0.2) is 4.57 Å². The molecular formula is C58H44N2. The van der Waals surface area contributed by atoms with Gasteiger partial charge in [-0.15, -0.1) is 0 Å². The van der Waals surface area contributed by atoms with E-state index in [-0.39, 0.29) is 10.8 Å². The molecule has 0 atom stereocenters. The van der Waals surface area contributed by atoms with Crippen molar-refractivity contribution in [2.24, 2.45) is 0 Å². The number of para-hydroxylation sites is 2. The summed E-state index contributed by atoms with van der Waals surface area (Å²) in [4.78, 5) is 2.58. The lowest BCUT2D eigenvalue weighted by atomic mass is 9.81. The van der Waals surface area contributed by atoms with Gasteiger partial charge in [-0.05, 0) is 109 Å². The number of hydrogen-bond donors (Lipinski definition) is 0. The third-order valence-corrected chi connectivity index (χ3v) is 13.7. The number of hydrogen-bond acceptors (Lipinski definition) is 1. The van der Waals surface area contributed by atoms with Crippen LogP contribution in [0.2, 0.25) is 0 Å². The molecule has 0 aliphatic heterocycles. The van der Waals surface area contributed by atoms with Gasteiger partial charge in [0.1, 0.15) is 0 Å². The molecule has 0 fully saturated rings. The lowest BCUT2D eigenvalue weighted by molar-refractivity contribution is 0.659. The Morgan fingerprint density at radius 3 is 1.73 bits per heavy atom. The molecule has 0 amide bonds. The monoisotopic (exact) mass is 768 g/mol. The molecule has 2 aliphatic carbocycles. The Bertz CT molecular complexity index is 3340. The van der Waals surface area contributed by atoms with Gasteiger partial charge in [-0.3, -0.25) is 0 Å². The van der Waals surface area contributed by atoms with E-state index in [2.05, 4.69) is 231 Å². The van der Waals surface area contributed by atoms with Crippen molar-refractivity contribution in [3.8, 4) is 39.1 Å². The van der Waals surface area contributed by atoms with Crippen LogP contribution in [0, 0.1) is 0 Å². The zero-order valence-electron chi connectivity index (χ0n) is 34.4. The van der Waals surface area contributed by atoms with Gasteiger partial charge in [0.05, 0.1) is 22.4 Å². The summed E-state index contributed by atoms with van der Waals surface area (Å²) in [5.41, 5.74) is 19.9. The SMILES string of the molecule is CC1(C)c2ccccc2-c2c(N(c3cccc(-c4cc(-n5c6ccccc6c6ccccc65)cc5ccccc45)c3)c3cccc4c3C(C)(C)c3ccccc3-4)cccc21. The Kier molecular flexibility index (Phi) is 7.36. The molecule has 2 heteroatoms. The summed E-state index contributed by atoms with van der Waals surface area (Å²) in [6.45, 7) is 9.55. The first-order valence-corrected chi connectivity index (χ1v) is 21.2. The van der Waals surface area contributed by atoms with Crippen LogP contribution in [0.3, 0.4) is 0 Å². The highest BCUT2D eigenvalue weighted by molar-refractivity contribution is 6.10. The van der Waals surface area contributed by atoms with E-state index in [1.54, 1.807) is 0 Å². The first-order chi connectivity index (χ1) is 29.3. The van der Waals surface area contributed by atoms with Crippen LogP contribution in [0.1, 0.15) is 49.9 Å². The second-order valence-electron chi connectivity index (χ2n) is 17.7. The van der Waals surface area contributed by atoms with Gasteiger partial charge < -0.3 is 9.47 Å². The second-order valence-corrected chi connectivity index (χ2v) is 17.7. The van der Waals surface area contributed by atoms with Gasteiger partial charge in [-0.1, -0.05) is 173 Å². The average molecular weight is 769 g/mol. The highest BCUT2D eigenvalue weighted by Gasteiger charge is 2.41. The fraction of sp³-hybridized carbons (Fsp3) is 0.103. The molecule has 60 heavy (non-hydrogen) atoms. The lowest BCUT2D eigenvalue weighted by Crippen LogP contribution is -2.21. The molecule has 0 saturated carbocycles. The van der Waals surface area contributed by atoms with Crippen molar-refractivity contribution >= 4 is 49.6 Å². The first kappa shape index (κ1) is 34.8. The van der Waals surface area contributed by atoms with E-state index >= 15 is 0 Å². The van der Waals surface area contributed by atoms with Gasteiger partial charge in [0.15, 0.2) is 0 Å². The molecule has 2 aliphatic rings. The summed E-state index contributed by atoms with van der Waals surface area (Å²) < 4.78 is 2.44. The molecule has 1 heterocycles. The minimum atomic E-state index is -0.208. The molecule has 12 rings (SSSR count). The molecule has 10 aromatic rings. The smallest absolute Gasteiger partial charge is 0.0543 e. The lowest BCUT2D eigenvalue weighted by Gasteiger charge is -2.34. The molecule has 0 radical (unpaired) electrons. The van der Waals surface area contributed by atoms with E-state index in [4.69, 9.17) is 0 Å². The average Bonchev–Trinajstić information content (AvgIpc) is 3.84. The number of aromatic nitrogens is 1. The predicted molar refractivity (Wildman–Crippen MR) is 254 cm³/mol. The normalized spacial score (nSPS) is 14.3. The predicted octanol–water partition coefficient (Wildman–Crippen LogP) is 15.7. The van der Waals surface area contributed by atoms with Crippen molar-refractivity contribution in [2.45, 2.75) is 38.5 Å². The van der Waals surface area contributed by atoms with Crippen molar-refractivity contribution in [1.29, 1.82) is 0 Å². The molecule has 9 aromatic carbocycles. The van der Waals surface area contributed by atoms with E-state index in [0.29, 0.717) is 0 Å². The molecule has 0 spiro atoms. The summed E-state index contributed by atoms with van der Waals surface area (Å²) in [6, 6.07) is 72.4. The highest BCUT2D eigenvalue weighted by atomic mass is 15.2. The zero-order valence-corrected chi connectivity index (χ0v) is 34.4. The van der Waals surface area contributed by atoms with Gasteiger partial charge in [-0.2, -0.15) is 0 Å². The number of fused-ring (bicyclic) bond motifs is 10. The summed E-state index contributed by atoms with van der Waals surface area (Å²) in [5.74, 6) is 0. The molecule has 1 aromatic heterocycles. The fourth-order valence-electron chi connectivity index (χ4n) is 11.0. The molecule has 0 unspecified atom stereocenters. The fourth-order valence-corrected chi connectivity index (χ4v) is 11.0. The van der Waals surface area contributed by atoms with Crippen LogP contribution < -0.4 is 4.90 Å². The van der Waals surface area contributed by atoms with Crippen molar-refractivity contribution < 1.29 is 0 Å². The first-order valence-electron chi connectivity index (χ1n) is 21.2. The number of nitrogens with zero attached hydrogens (tertiary/aromatic N) is 2. The molecule has 0 N–H and O–H groups in total. The Morgan fingerprint density at radius 2 is 0.967 bits per heavy atom. The van der Waals surface area contributed by atoms with Crippen molar-refractivity contribution in [2.75, 3.05) is 4.90 Å². The van der Waals surface area contributed by atoms with Crippen molar-refractivity contribution in [1.82, 2.24) is 4.57 Å². The van der Waals surface area contributed by atoms with Gasteiger partial charge >= 0.3 is 0 Å². The van der Waals surface area contributed by atoms with Crippen LogP contribution in [0.15, 0.2) is 194 Å². The number of rotatable bonds is 5. The number of anilines is 3. The van der Waals surface area contributed by atoms with Crippen LogP contribution in [-0.2, 0) is 10.8 Å². The van der Waals surface area contributed by atoms with Gasteiger partial charge in [0.2, 0.25) is 0 Å². The summed E-state index contributed by atoms with van der Waals surface area (Å²) in [5, 5.41) is 4.98. The molecule has 0 saturated heterocycles. The van der Waals surface area contributed by atoms with E-state index in [0.717, 1.165) is 11.4 Å². The van der Waals surface area contributed by atoms with E-state index < -0.39 is 0 Å². The maximum absolute atomic E-state index is 2.58. The Balaban J connectivity index is 1.13. The third kappa shape index (κ3) is 4.82. The van der Waals surface area contributed by atoms with Crippen LogP contribution in [0.25, 0.3) is 71.6 Å². The van der Waals surface area contributed by atoms with E-state index in [9.17, 15) is 0 Å². The topological polar surface area (TPSA) is 8.17 Å². The largest absolute Gasteiger partial charge is 0.310 e. The molecule has 0 bridgehead atoms. The Hall–Kier alpha value is -7.16. The summed E-state index contributed by atoms with van der Waals surface area (Å²) in [6.07, 6.45) is 0. The summed E-state index contributed by atoms with van der Waals surface area (Å²) in [7, 11) is 0. The van der Waals surface area contributed by atoms with Crippen LogP contribution in [0.5, 0.6) is 0 Å². The molecule has 286 valence electrons. The molecular weight excluding hydrogens is 725 g/mol. The summed E-state index contributed by atoms with van der Waals surface area (Å²) >= 11 is 0.